The molecule has 0 spiro atoms. The molecule has 2 aromatic rings. The number of aromatic nitrogens is 2. The zero-order valence-corrected chi connectivity index (χ0v) is 12.5. The van der Waals surface area contributed by atoms with Gasteiger partial charge in [-0.15, -0.1) is 0 Å². The van der Waals surface area contributed by atoms with E-state index in [1.807, 2.05) is 19.9 Å². The lowest BCUT2D eigenvalue weighted by Gasteiger charge is -2.11. The van der Waals surface area contributed by atoms with Gasteiger partial charge in [0, 0.05) is 6.04 Å². The van der Waals surface area contributed by atoms with Gasteiger partial charge in [-0.05, 0) is 25.5 Å². The van der Waals surface area contributed by atoms with Gasteiger partial charge in [-0.1, -0.05) is 19.1 Å². The third-order valence-corrected chi connectivity index (χ3v) is 3.18. The van der Waals surface area contributed by atoms with Crippen LogP contribution in [0.3, 0.4) is 0 Å². The maximum Gasteiger partial charge on any atom is 0.271 e. The van der Waals surface area contributed by atoms with Crippen molar-refractivity contribution in [2.24, 2.45) is 0 Å². The fourth-order valence-corrected chi connectivity index (χ4v) is 1.74. The van der Waals surface area contributed by atoms with E-state index in [4.69, 9.17) is 5.26 Å². The first-order chi connectivity index (χ1) is 10.6. The summed E-state index contributed by atoms with van der Waals surface area (Å²) in [5, 5.41) is 14.9. The van der Waals surface area contributed by atoms with E-state index in [1.165, 1.54) is 12.4 Å². The van der Waals surface area contributed by atoms with E-state index in [9.17, 15) is 4.79 Å². The minimum Gasteiger partial charge on any atom is -0.348 e. The number of nitriles is 1. The molecular weight excluding hydrogens is 278 g/mol. The van der Waals surface area contributed by atoms with E-state index in [-0.39, 0.29) is 17.6 Å². The molecule has 0 radical (unpaired) electrons. The summed E-state index contributed by atoms with van der Waals surface area (Å²) < 4.78 is 0. The first-order valence-electron chi connectivity index (χ1n) is 7.03. The second kappa shape index (κ2) is 7.18. The van der Waals surface area contributed by atoms with Crippen molar-refractivity contribution in [1.82, 2.24) is 15.3 Å². The molecule has 2 rings (SSSR count). The summed E-state index contributed by atoms with van der Waals surface area (Å²) in [5.74, 6) is 0.230. The molecule has 1 amide bonds. The van der Waals surface area contributed by atoms with Gasteiger partial charge < -0.3 is 10.6 Å². The lowest BCUT2D eigenvalue weighted by Crippen LogP contribution is -2.32. The van der Waals surface area contributed by atoms with Crippen molar-refractivity contribution < 1.29 is 4.79 Å². The highest BCUT2D eigenvalue weighted by molar-refractivity contribution is 5.92. The minimum absolute atomic E-state index is 0.0922. The second-order valence-corrected chi connectivity index (χ2v) is 4.85. The average molecular weight is 295 g/mol. The summed E-state index contributed by atoms with van der Waals surface area (Å²) >= 11 is 0. The standard InChI is InChI=1S/C16H17N5O/c1-3-11(2)20-16(22)14-9-19-15(10-18-14)21-13-7-5-4-6-12(13)8-17/h4-7,9-11H,3H2,1-2H3,(H,19,21)(H,20,22). The molecule has 0 saturated carbocycles. The lowest BCUT2D eigenvalue weighted by atomic mass is 10.2. The van der Waals surface area contributed by atoms with Gasteiger partial charge in [-0.25, -0.2) is 9.97 Å². The van der Waals surface area contributed by atoms with E-state index < -0.39 is 0 Å². The fourth-order valence-electron chi connectivity index (χ4n) is 1.74. The Morgan fingerprint density at radius 1 is 1.32 bits per heavy atom. The summed E-state index contributed by atoms with van der Waals surface area (Å²) in [6.07, 6.45) is 3.73. The molecule has 6 nitrogen and oxygen atoms in total. The molecule has 0 aliphatic rings. The molecule has 6 heteroatoms. The molecule has 1 atom stereocenters. The highest BCUT2D eigenvalue weighted by Crippen LogP contribution is 2.18. The van der Waals surface area contributed by atoms with Crippen LogP contribution in [0, 0.1) is 11.3 Å². The summed E-state index contributed by atoms with van der Waals surface area (Å²) in [6.45, 7) is 3.93. The molecule has 1 unspecified atom stereocenters. The van der Waals surface area contributed by atoms with Crippen LogP contribution in [0.25, 0.3) is 0 Å². The van der Waals surface area contributed by atoms with Gasteiger partial charge in [-0.2, -0.15) is 5.26 Å². The number of rotatable bonds is 5. The van der Waals surface area contributed by atoms with Gasteiger partial charge in [0.25, 0.3) is 5.91 Å². The number of anilines is 2. The van der Waals surface area contributed by atoms with Crippen LogP contribution in [0.15, 0.2) is 36.7 Å². The second-order valence-electron chi connectivity index (χ2n) is 4.85. The highest BCUT2D eigenvalue weighted by Gasteiger charge is 2.10. The number of para-hydroxylation sites is 1. The van der Waals surface area contributed by atoms with Gasteiger partial charge in [0.15, 0.2) is 0 Å². The molecule has 1 heterocycles. The molecular formula is C16H17N5O. The van der Waals surface area contributed by atoms with Crippen LogP contribution in [0.5, 0.6) is 0 Å². The Bertz CT molecular complexity index is 690. The largest absolute Gasteiger partial charge is 0.348 e. The number of amides is 1. The predicted molar refractivity (Wildman–Crippen MR) is 83.7 cm³/mol. The Morgan fingerprint density at radius 3 is 2.73 bits per heavy atom. The van der Waals surface area contributed by atoms with Crippen molar-refractivity contribution in [1.29, 1.82) is 5.26 Å². The maximum atomic E-state index is 11.9. The average Bonchev–Trinajstić information content (AvgIpc) is 2.55. The first-order valence-corrected chi connectivity index (χ1v) is 7.03. The van der Waals surface area contributed by atoms with Gasteiger partial charge in [-0.3, -0.25) is 4.79 Å². The van der Waals surface area contributed by atoms with Crippen molar-refractivity contribution in [3.8, 4) is 6.07 Å². The van der Waals surface area contributed by atoms with Crippen LogP contribution in [0.4, 0.5) is 11.5 Å². The Hall–Kier alpha value is -2.94. The molecule has 0 aliphatic carbocycles. The Balaban J connectivity index is 2.09. The van der Waals surface area contributed by atoms with Gasteiger partial charge >= 0.3 is 0 Å². The zero-order chi connectivity index (χ0) is 15.9. The SMILES string of the molecule is CCC(C)NC(=O)c1cnc(Nc2ccccc2C#N)cn1. The van der Waals surface area contributed by atoms with E-state index in [1.54, 1.807) is 18.2 Å². The molecule has 112 valence electrons. The van der Waals surface area contributed by atoms with Crippen molar-refractivity contribution in [2.45, 2.75) is 26.3 Å². The smallest absolute Gasteiger partial charge is 0.271 e. The normalized spacial score (nSPS) is 11.3. The highest BCUT2D eigenvalue weighted by atomic mass is 16.1. The number of carbonyl (C=O) groups is 1. The van der Waals surface area contributed by atoms with Crippen LogP contribution in [-0.2, 0) is 0 Å². The lowest BCUT2D eigenvalue weighted by molar-refractivity contribution is 0.0934. The van der Waals surface area contributed by atoms with Crippen molar-refractivity contribution in [3.63, 3.8) is 0 Å². The Morgan fingerprint density at radius 2 is 2.09 bits per heavy atom. The fraction of sp³-hybridized carbons (Fsp3) is 0.250. The van der Waals surface area contributed by atoms with Crippen molar-refractivity contribution in [3.05, 3.63) is 47.9 Å². The Kier molecular flexibility index (Phi) is 5.04. The molecule has 2 N–H and O–H groups in total. The summed E-state index contributed by atoms with van der Waals surface area (Å²) in [4.78, 5) is 20.2. The number of hydrogen-bond acceptors (Lipinski definition) is 5. The van der Waals surface area contributed by atoms with E-state index >= 15 is 0 Å². The van der Waals surface area contributed by atoms with Crippen LogP contribution in [0.2, 0.25) is 0 Å². The van der Waals surface area contributed by atoms with Crippen molar-refractivity contribution >= 4 is 17.4 Å². The molecule has 0 aliphatic heterocycles. The van der Waals surface area contributed by atoms with Crippen LogP contribution >= 0.6 is 0 Å². The minimum atomic E-state index is -0.245. The van der Waals surface area contributed by atoms with E-state index in [2.05, 4.69) is 26.7 Å². The first kappa shape index (κ1) is 15.4. The summed E-state index contributed by atoms with van der Waals surface area (Å²) in [5.41, 5.74) is 1.43. The van der Waals surface area contributed by atoms with Gasteiger partial charge in [0.1, 0.15) is 17.6 Å². The number of nitrogens with zero attached hydrogens (tertiary/aromatic N) is 3. The van der Waals surface area contributed by atoms with Crippen molar-refractivity contribution in [2.75, 3.05) is 5.32 Å². The van der Waals surface area contributed by atoms with Gasteiger partial charge in [0.2, 0.25) is 0 Å². The third-order valence-electron chi connectivity index (χ3n) is 3.18. The van der Waals surface area contributed by atoms with E-state index in [0.717, 1.165) is 6.42 Å². The number of carbonyl (C=O) groups excluding carboxylic acids is 1. The number of hydrogen-bond donors (Lipinski definition) is 2. The van der Waals surface area contributed by atoms with Gasteiger partial charge in [0.05, 0.1) is 23.6 Å². The van der Waals surface area contributed by atoms with Crippen LogP contribution < -0.4 is 10.6 Å². The topological polar surface area (TPSA) is 90.7 Å². The third kappa shape index (κ3) is 3.79. The molecule has 1 aromatic carbocycles. The monoisotopic (exact) mass is 295 g/mol. The molecule has 22 heavy (non-hydrogen) atoms. The van der Waals surface area contributed by atoms with Crippen LogP contribution in [0.1, 0.15) is 36.3 Å². The van der Waals surface area contributed by atoms with Crippen LogP contribution in [-0.4, -0.2) is 21.9 Å². The molecule has 1 aromatic heterocycles. The maximum absolute atomic E-state index is 11.9. The quantitative estimate of drug-likeness (QED) is 0.884. The summed E-state index contributed by atoms with van der Waals surface area (Å²) in [6, 6.07) is 9.30. The zero-order valence-electron chi connectivity index (χ0n) is 12.5. The van der Waals surface area contributed by atoms with E-state index in [0.29, 0.717) is 17.1 Å². The number of benzene rings is 1. The molecule has 0 saturated heterocycles. The number of nitrogens with one attached hydrogen (secondary N) is 2. The predicted octanol–water partition coefficient (Wildman–Crippen LogP) is 2.62. The molecule has 0 fully saturated rings. The Labute approximate surface area is 129 Å². The summed E-state index contributed by atoms with van der Waals surface area (Å²) in [7, 11) is 0. The molecule has 0 bridgehead atoms.